The molecule has 1 amide bonds. The molecule has 2 unspecified atom stereocenters. The standard InChI is InChI=1S/C29H32BrF2N3O4S2.C2HF3O2/c30-19-8-6-18(7-9-19)29(31,32)27(28(36)35-21-10-11-22(35)15-20(33)14-21)34-41(37,38)26-13-17-5-12-24(16-25(17)40-26)39-23-3-1-2-4-23;3-2(4,5)1(6)7/h5-9,12-13,16,20-23,27,34H,1-4,10-11,14-15,33H2;(H,6,7)/t20?,21?,22?,27-;/m1./s1. The highest BCUT2D eigenvalue weighted by Crippen LogP contribution is 2.41. The fraction of sp³-hybridized carbons (Fsp3) is 0.484. The van der Waals surface area contributed by atoms with E-state index < -0.39 is 45.6 Å². The minimum atomic E-state index is -5.08. The average Bonchev–Trinajstić information content (AvgIpc) is 3.74. The number of nitrogens with zero attached hydrogens (tertiary/aromatic N) is 1. The summed E-state index contributed by atoms with van der Waals surface area (Å²) in [7, 11) is -4.50. The van der Waals surface area contributed by atoms with E-state index in [-0.39, 0.29) is 28.4 Å². The van der Waals surface area contributed by atoms with E-state index >= 15 is 8.78 Å². The zero-order chi connectivity index (χ0) is 35.0. The van der Waals surface area contributed by atoms with E-state index in [1.165, 1.54) is 35.2 Å². The Bertz CT molecular complexity index is 1740. The number of amides is 1. The third-order valence-corrected chi connectivity index (χ3v) is 12.2. The number of nitrogens with two attached hydrogens (primary N) is 1. The second-order valence-corrected chi connectivity index (χ2v) is 16.1. The zero-order valence-corrected chi connectivity index (χ0v) is 28.5. The third-order valence-electron chi connectivity index (χ3n) is 8.72. The molecule has 3 heterocycles. The minimum Gasteiger partial charge on any atom is -0.490 e. The van der Waals surface area contributed by atoms with Gasteiger partial charge in [-0.2, -0.15) is 26.7 Å². The van der Waals surface area contributed by atoms with Crippen LogP contribution in [0.2, 0.25) is 0 Å². The van der Waals surface area contributed by atoms with Crippen molar-refractivity contribution in [2.75, 3.05) is 0 Å². The Morgan fingerprint density at radius 3 is 2.12 bits per heavy atom. The maximum Gasteiger partial charge on any atom is 0.490 e. The van der Waals surface area contributed by atoms with E-state index in [1.807, 2.05) is 0 Å². The van der Waals surface area contributed by atoms with Gasteiger partial charge in [-0.25, -0.2) is 13.2 Å². The predicted octanol–water partition coefficient (Wildman–Crippen LogP) is 6.54. The number of alkyl halides is 5. The van der Waals surface area contributed by atoms with Gasteiger partial charge in [0.15, 0.2) is 6.04 Å². The quantitative estimate of drug-likeness (QED) is 0.221. The monoisotopic (exact) mass is 781 g/mol. The molecule has 6 rings (SSSR count). The zero-order valence-electron chi connectivity index (χ0n) is 25.3. The number of benzene rings is 2. The molecule has 1 saturated carbocycles. The third kappa shape index (κ3) is 8.12. The maximum absolute atomic E-state index is 16.2. The van der Waals surface area contributed by atoms with Crippen LogP contribution < -0.4 is 15.2 Å². The van der Waals surface area contributed by atoms with E-state index in [0.717, 1.165) is 37.0 Å². The van der Waals surface area contributed by atoms with Crippen molar-refractivity contribution in [2.45, 2.75) is 97.9 Å². The highest BCUT2D eigenvalue weighted by molar-refractivity contribution is 9.10. The van der Waals surface area contributed by atoms with Crippen LogP contribution in [0.25, 0.3) is 10.1 Å². The number of fused-ring (bicyclic) bond motifs is 3. The van der Waals surface area contributed by atoms with Gasteiger partial charge < -0.3 is 20.5 Å². The average molecular weight is 783 g/mol. The van der Waals surface area contributed by atoms with Crippen molar-refractivity contribution in [1.29, 1.82) is 0 Å². The summed E-state index contributed by atoms with van der Waals surface area (Å²) in [5.41, 5.74) is 5.70. The van der Waals surface area contributed by atoms with Crippen molar-refractivity contribution in [2.24, 2.45) is 5.73 Å². The lowest BCUT2D eigenvalue weighted by Gasteiger charge is -2.40. The summed E-state index contributed by atoms with van der Waals surface area (Å²) in [6.45, 7) is 0. The number of sulfonamides is 1. The number of carboxylic acid groups (broad SMARTS) is 1. The maximum atomic E-state index is 16.2. The number of hydrogen-bond acceptors (Lipinski definition) is 7. The number of ether oxygens (including phenoxy) is 1. The van der Waals surface area contributed by atoms with Gasteiger partial charge >= 0.3 is 12.1 Å². The molecular weight excluding hydrogens is 749 g/mol. The lowest BCUT2D eigenvalue weighted by molar-refractivity contribution is -0.192. The number of carbonyl (C=O) groups excluding carboxylic acids is 1. The van der Waals surface area contributed by atoms with Crippen molar-refractivity contribution in [3.05, 3.63) is 58.6 Å². The summed E-state index contributed by atoms with van der Waals surface area (Å²) in [4.78, 5) is 24.3. The molecule has 1 aromatic heterocycles. The van der Waals surface area contributed by atoms with Gasteiger partial charge in [0.2, 0.25) is 5.91 Å². The molecule has 1 aliphatic carbocycles. The SMILES string of the molecule is NC1CC2CCC(C1)N2C(=O)[C@@H](NS(=O)(=O)c1cc2ccc(OC3CCCC3)cc2s1)C(F)(F)c1ccc(Br)cc1.O=C(O)C(F)(F)F. The molecule has 2 saturated heterocycles. The molecule has 2 aromatic carbocycles. The van der Waals surface area contributed by atoms with Crippen LogP contribution in [-0.2, 0) is 25.5 Å². The number of halogens is 6. The van der Waals surface area contributed by atoms with Crippen molar-refractivity contribution in [1.82, 2.24) is 9.62 Å². The number of carbonyl (C=O) groups is 2. The molecule has 2 aliphatic heterocycles. The molecule has 17 heteroatoms. The van der Waals surface area contributed by atoms with E-state index in [1.54, 1.807) is 18.2 Å². The Labute approximate surface area is 285 Å². The minimum absolute atomic E-state index is 0.111. The predicted molar refractivity (Wildman–Crippen MR) is 171 cm³/mol. The summed E-state index contributed by atoms with van der Waals surface area (Å²) in [6.07, 6.45) is 1.61. The first-order valence-corrected chi connectivity index (χ1v) is 18.3. The van der Waals surface area contributed by atoms with E-state index in [0.29, 0.717) is 46.0 Å². The number of nitrogens with one attached hydrogen (secondary N) is 1. The number of thiophene rings is 1. The number of hydrogen-bond donors (Lipinski definition) is 3. The topological polar surface area (TPSA) is 139 Å². The molecular formula is C31H33BrF5N3O6S2. The van der Waals surface area contributed by atoms with Crippen molar-refractivity contribution < 1.29 is 49.8 Å². The van der Waals surface area contributed by atoms with Gasteiger partial charge in [0.05, 0.1) is 6.10 Å². The Kier molecular flexibility index (Phi) is 10.8. The molecule has 3 fully saturated rings. The van der Waals surface area contributed by atoms with Gasteiger partial charge in [-0.3, -0.25) is 4.79 Å². The van der Waals surface area contributed by atoms with Crippen LogP contribution >= 0.6 is 27.3 Å². The van der Waals surface area contributed by atoms with Crippen LogP contribution in [0.5, 0.6) is 5.75 Å². The van der Waals surface area contributed by atoms with Gasteiger partial charge in [0.25, 0.3) is 15.9 Å². The highest BCUT2D eigenvalue weighted by atomic mass is 79.9. The van der Waals surface area contributed by atoms with Crippen molar-refractivity contribution in [3.63, 3.8) is 0 Å². The molecule has 3 aromatic rings. The van der Waals surface area contributed by atoms with Crippen molar-refractivity contribution >= 4 is 59.3 Å². The molecule has 0 radical (unpaired) electrons. The van der Waals surface area contributed by atoms with Crippen LogP contribution in [0.15, 0.2) is 57.2 Å². The normalized spacial score (nSPS) is 22.3. The lowest BCUT2D eigenvalue weighted by atomic mass is 9.95. The van der Waals surface area contributed by atoms with Crippen LogP contribution in [0.1, 0.15) is 56.9 Å². The smallest absolute Gasteiger partial charge is 0.490 e. The fourth-order valence-electron chi connectivity index (χ4n) is 6.45. The summed E-state index contributed by atoms with van der Waals surface area (Å²) in [5.74, 6) is -6.85. The summed E-state index contributed by atoms with van der Waals surface area (Å²) in [6, 6.07) is 9.08. The lowest BCUT2D eigenvalue weighted by Crippen LogP contribution is -2.60. The summed E-state index contributed by atoms with van der Waals surface area (Å²) in [5, 5.41) is 7.78. The van der Waals surface area contributed by atoms with Crippen LogP contribution in [0.4, 0.5) is 22.0 Å². The van der Waals surface area contributed by atoms with Crippen molar-refractivity contribution in [3.8, 4) is 5.75 Å². The molecule has 0 spiro atoms. The molecule has 3 atom stereocenters. The second-order valence-electron chi connectivity index (χ2n) is 12.1. The van der Waals surface area contributed by atoms with Gasteiger partial charge in [-0.1, -0.05) is 28.1 Å². The Morgan fingerprint density at radius 1 is 0.979 bits per heavy atom. The first-order valence-electron chi connectivity index (χ1n) is 15.2. The molecule has 262 valence electrons. The van der Waals surface area contributed by atoms with Gasteiger partial charge in [0, 0.05) is 32.9 Å². The molecule has 2 bridgehead atoms. The highest BCUT2D eigenvalue weighted by Gasteiger charge is 2.53. The van der Waals surface area contributed by atoms with E-state index in [9.17, 15) is 26.4 Å². The largest absolute Gasteiger partial charge is 0.490 e. The van der Waals surface area contributed by atoms with Crippen LogP contribution in [0, 0.1) is 0 Å². The van der Waals surface area contributed by atoms with E-state index in [4.69, 9.17) is 20.4 Å². The second kappa shape index (κ2) is 14.2. The molecule has 48 heavy (non-hydrogen) atoms. The van der Waals surface area contributed by atoms with Gasteiger partial charge in [-0.15, -0.1) is 11.3 Å². The number of rotatable bonds is 8. The van der Waals surface area contributed by atoms with Crippen LogP contribution in [-0.4, -0.2) is 66.7 Å². The van der Waals surface area contributed by atoms with Crippen LogP contribution in [0.3, 0.4) is 0 Å². The molecule has 4 N–H and O–H groups in total. The summed E-state index contributed by atoms with van der Waals surface area (Å²) >= 11 is 4.21. The number of piperidine rings is 1. The fourth-order valence-corrected chi connectivity index (χ4v) is 9.35. The van der Waals surface area contributed by atoms with Gasteiger partial charge in [-0.05, 0) is 93.2 Å². The Morgan fingerprint density at radius 2 is 1.56 bits per heavy atom. The number of carboxylic acids is 1. The first-order chi connectivity index (χ1) is 22.5. The number of aliphatic carboxylic acids is 1. The molecule has 3 aliphatic rings. The molecule has 9 nitrogen and oxygen atoms in total. The van der Waals surface area contributed by atoms with Gasteiger partial charge in [0.1, 0.15) is 9.96 Å². The van der Waals surface area contributed by atoms with E-state index in [2.05, 4.69) is 20.7 Å². The Balaban J connectivity index is 0.000000582. The summed E-state index contributed by atoms with van der Waals surface area (Å²) < 4.78 is 101. The Hall–Kier alpha value is -2.86. The first kappa shape index (κ1) is 36.4.